The summed E-state index contributed by atoms with van der Waals surface area (Å²) >= 11 is 6.03. The molecule has 1 amide bonds. The molecular formula is C12H17ClN2O. The third-order valence-corrected chi connectivity index (χ3v) is 2.65. The molecule has 1 aromatic carbocycles. The molecule has 0 aliphatic heterocycles. The molecule has 3 nitrogen and oxygen atoms in total. The van der Waals surface area contributed by atoms with Crippen LogP contribution in [0.15, 0.2) is 24.3 Å². The minimum absolute atomic E-state index is 0.0263. The monoisotopic (exact) mass is 240 g/mol. The van der Waals surface area contributed by atoms with Crippen LogP contribution in [0.2, 0.25) is 5.02 Å². The molecule has 1 aromatic rings. The topological polar surface area (TPSA) is 55.1 Å². The van der Waals surface area contributed by atoms with Crippen LogP contribution in [0.1, 0.15) is 19.4 Å². The molecule has 0 aliphatic rings. The van der Waals surface area contributed by atoms with Crippen LogP contribution in [0.4, 0.5) is 0 Å². The molecule has 4 heteroatoms. The fraction of sp³-hybridized carbons (Fsp3) is 0.417. The van der Waals surface area contributed by atoms with Crippen molar-refractivity contribution in [2.45, 2.75) is 32.4 Å². The lowest BCUT2D eigenvalue weighted by atomic mass is 10.1. The van der Waals surface area contributed by atoms with Crippen LogP contribution in [-0.2, 0) is 11.2 Å². The molecule has 2 atom stereocenters. The van der Waals surface area contributed by atoms with Crippen LogP contribution in [0.3, 0.4) is 0 Å². The van der Waals surface area contributed by atoms with Crippen molar-refractivity contribution in [3.05, 3.63) is 34.9 Å². The fourth-order valence-corrected chi connectivity index (χ4v) is 1.63. The summed E-state index contributed by atoms with van der Waals surface area (Å²) in [4.78, 5) is 11.4. The van der Waals surface area contributed by atoms with Crippen LogP contribution in [0.5, 0.6) is 0 Å². The molecule has 0 radical (unpaired) electrons. The lowest BCUT2D eigenvalue weighted by Gasteiger charge is -2.16. The Hall–Kier alpha value is -1.06. The van der Waals surface area contributed by atoms with Gasteiger partial charge in [0.2, 0.25) is 5.91 Å². The van der Waals surface area contributed by atoms with E-state index in [0.29, 0.717) is 6.42 Å². The number of carbonyl (C=O) groups is 1. The highest BCUT2D eigenvalue weighted by molar-refractivity contribution is 6.31. The first-order valence-corrected chi connectivity index (χ1v) is 5.68. The van der Waals surface area contributed by atoms with Crippen molar-refractivity contribution >= 4 is 17.5 Å². The molecular weight excluding hydrogens is 224 g/mol. The van der Waals surface area contributed by atoms with Gasteiger partial charge in [0.25, 0.3) is 0 Å². The zero-order chi connectivity index (χ0) is 12.1. The van der Waals surface area contributed by atoms with E-state index in [1.165, 1.54) is 0 Å². The zero-order valence-electron chi connectivity index (χ0n) is 9.53. The molecule has 88 valence electrons. The van der Waals surface area contributed by atoms with Gasteiger partial charge in [0, 0.05) is 11.1 Å². The summed E-state index contributed by atoms with van der Waals surface area (Å²) in [6.45, 7) is 3.60. The van der Waals surface area contributed by atoms with Crippen LogP contribution in [0, 0.1) is 0 Å². The molecule has 0 saturated heterocycles. The van der Waals surface area contributed by atoms with Crippen molar-refractivity contribution in [1.29, 1.82) is 0 Å². The predicted octanol–water partition coefficient (Wildman–Crippen LogP) is 1.73. The molecule has 3 N–H and O–H groups in total. The Kier molecular flexibility index (Phi) is 4.77. The van der Waals surface area contributed by atoms with Gasteiger partial charge in [0.05, 0.1) is 6.04 Å². The van der Waals surface area contributed by atoms with Gasteiger partial charge in [-0.1, -0.05) is 29.8 Å². The number of carbonyl (C=O) groups excluding carboxylic acids is 1. The van der Waals surface area contributed by atoms with Crippen molar-refractivity contribution in [2.75, 3.05) is 0 Å². The Morgan fingerprint density at radius 1 is 1.44 bits per heavy atom. The van der Waals surface area contributed by atoms with E-state index in [1.807, 2.05) is 31.2 Å². The molecule has 0 bridgehead atoms. The minimum atomic E-state index is -0.478. The Labute approximate surface area is 101 Å². The number of benzene rings is 1. The molecule has 0 aromatic heterocycles. The highest BCUT2D eigenvalue weighted by Gasteiger charge is 2.12. The van der Waals surface area contributed by atoms with Crippen molar-refractivity contribution in [2.24, 2.45) is 5.73 Å². The lowest BCUT2D eigenvalue weighted by molar-refractivity contribution is -0.122. The van der Waals surface area contributed by atoms with E-state index in [9.17, 15) is 4.79 Å². The number of amides is 1. The summed E-state index contributed by atoms with van der Waals surface area (Å²) in [6, 6.07) is 7.17. The third kappa shape index (κ3) is 3.83. The second-order valence-electron chi connectivity index (χ2n) is 3.99. The minimum Gasteiger partial charge on any atom is -0.352 e. The smallest absolute Gasteiger partial charge is 0.236 e. The van der Waals surface area contributed by atoms with Crippen LogP contribution in [-0.4, -0.2) is 18.0 Å². The average molecular weight is 241 g/mol. The normalized spacial score (nSPS) is 14.2. The van der Waals surface area contributed by atoms with E-state index in [1.54, 1.807) is 6.92 Å². The number of hydrogen-bond donors (Lipinski definition) is 2. The number of rotatable bonds is 4. The van der Waals surface area contributed by atoms with Crippen LogP contribution < -0.4 is 11.1 Å². The maximum atomic E-state index is 11.4. The first-order chi connectivity index (χ1) is 7.50. The van der Waals surface area contributed by atoms with Gasteiger partial charge < -0.3 is 11.1 Å². The molecule has 1 unspecified atom stereocenters. The molecule has 0 saturated carbocycles. The first-order valence-electron chi connectivity index (χ1n) is 5.30. The summed E-state index contributed by atoms with van der Waals surface area (Å²) in [5.41, 5.74) is 6.50. The quantitative estimate of drug-likeness (QED) is 0.842. The van der Waals surface area contributed by atoms with E-state index in [4.69, 9.17) is 17.3 Å². The summed E-state index contributed by atoms with van der Waals surface area (Å²) < 4.78 is 0. The highest BCUT2D eigenvalue weighted by Crippen LogP contribution is 2.16. The van der Waals surface area contributed by atoms with E-state index in [2.05, 4.69) is 5.32 Å². The molecule has 1 rings (SSSR count). The summed E-state index contributed by atoms with van der Waals surface area (Å²) in [5.74, 6) is -0.139. The van der Waals surface area contributed by atoms with Crippen LogP contribution >= 0.6 is 11.6 Å². The van der Waals surface area contributed by atoms with Crippen molar-refractivity contribution < 1.29 is 4.79 Å². The maximum absolute atomic E-state index is 11.4. The standard InChI is InChI=1S/C12H17ClN2O/c1-8(15-12(16)9(2)14)7-10-5-3-4-6-11(10)13/h3-6,8-9H,7,14H2,1-2H3,(H,15,16)/t8?,9-/m1/s1. The van der Waals surface area contributed by atoms with Crippen molar-refractivity contribution in [3.8, 4) is 0 Å². The Bertz CT molecular complexity index is 366. The van der Waals surface area contributed by atoms with Gasteiger partial charge in [-0.3, -0.25) is 4.79 Å². The van der Waals surface area contributed by atoms with Gasteiger partial charge in [-0.05, 0) is 31.9 Å². The summed E-state index contributed by atoms with van der Waals surface area (Å²) in [6.07, 6.45) is 0.706. The first kappa shape index (κ1) is 13.0. The van der Waals surface area contributed by atoms with Gasteiger partial charge in [0.15, 0.2) is 0 Å². The van der Waals surface area contributed by atoms with Gasteiger partial charge >= 0.3 is 0 Å². The number of halogens is 1. The van der Waals surface area contributed by atoms with E-state index in [-0.39, 0.29) is 11.9 Å². The lowest BCUT2D eigenvalue weighted by Crippen LogP contribution is -2.43. The van der Waals surface area contributed by atoms with E-state index in [0.717, 1.165) is 10.6 Å². The SMILES string of the molecule is CC(Cc1ccccc1Cl)NC(=O)[C@@H](C)N. The Balaban J connectivity index is 2.55. The van der Waals surface area contributed by atoms with Crippen LogP contribution in [0.25, 0.3) is 0 Å². The van der Waals surface area contributed by atoms with Gasteiger partial charge in [-0.15, -0.1) is 0 Å². The third-order valence-electron chi connectivity index (χ3n) is 2.29. The van der Waals surface area contributed by atoms with E-state index >= 15 is 0 Å². The molecule has 0 aliphatic carbocycles. The number of hydrogen-bond acceptors (Lipinski definition) is 2. The van der Waals surface area contributed by atoms with Gasteiger partial charge in [-0.2, -0.15) is 0 Å². The Morgan fingerprint density at radius 3 is 2.62 bits per heavy atom. The number of nitrogens with one attached hydrogen (secondary N) is 1. The second kappa shape index (κ2) is 5.87. The van der Waals surface area contributed by atoms with Gasteiger partial charge in [0.1, 0.15) is 0 Å². The predicted molar refractivity (Wildman–Crippen MR) is 66.4 cm³/mol. The van der Waals surface area contributed by atoms with Gasteiger partial charge in [-0.25, -0.2) is 0 Å². The molecule has 0 heterocycles. The molecule has 16 heavy (non-hydrogen) atoms. The Morgan fingerprint density at radius 2 is 2.06 bits per heavy atom. The largest absolute Gasteiger partial charge is 0.352 e. The van der Waals surface area contributed by atoms with E-state index < -0.39 is 6.04 Å². The maximum Gasteiger partial charge on any atom is 0.236 e. The average Bonchev–Trinajstić information content (AvgIpc) is 2.21. The zero-order valence-corrected chi connectivity index (χ0v) is 10.3. The number of nitrogens with two attached hydrogens (primary N) is 1. The summed E-state index contributed by atoms with van der Waals surface area (Å²) in [7, 11) is 0. The molecule has 0 spiro atoms. The fourth-order valence-electron chi connectivity index (χ4n) is 1.42. The van der Waals surface area contributed by atoms with Crippen molar-refractivity contribution in [1.82, 2.24) is 5.32 Å². The second-order valence-corrected chi connectivity index (χ2v) is 4.40. The van der Waals surface area contributed by atoms with Crippen molar-refractivity contribution in [3.63, 3.8) is 0 Å². The summed E-state index contributed by atoms with van der Waals surface area (Å²) in [5, 5.41) is 3.56. The highest BCUT2D eigenvalue weighted by atomic mass is 35.5. The molecule has 0 fully saturated rings.